The van der Waals surface area contributed by atoms with Crippen LogP contribution in [0.3, 0.4) is 0 Å². The summed E-state index contributed by atoms with van der Waals surface area (Å²) in [6.07, 6.45) is -1.91. The number of nitro benzene ring substituents is 1. The zero-order valence-corrected chi connectivity index (χ0v) is 19.0. The average molecular weight is 500 g/mol. The lowest BCUT2D eigenvalue weighted by Gasteiger charge is -2.17. The molecule has 1 amide bonds. The summed E-state index contributed by atoms with van der Waals surface area (Å²) in [6.45, 7) is -0.0642. The molecule has 2 aromatic carbocycles. The number of nitrogens with one attached hydrogen (secondary N) is 1. The molecule has 2 rings (SSSR count). The van der Waals surface area contributed by atoms with Gasteiger partial charge < -0.3 is 14.8 Å². The monoisotopic (exact) mass is 499 g/mol. The average Bonchev–Trinajstić information content (AvgIpc) is 2.80. The summed E-state index contributed by atoms with van der Waals surface area (Å²) in [5.74, 6) is -0.888. The Morgan fingerprint density at radius 2 is 1.85 bits per heavy atom. The predicted octanol–water partition coefficient (Wildman–Crippen LogP) is 3.08. The molecule has 0 aliphatic heterocycles. The summed E-state index contributed by atoms with van der Waals surface area (Å²) in [4.78, 5) is 67.5. The van der Waals surface area contributed by atoms with Crippen LogP contribution in [-0.4, -0.2) is 51.6 Å². The van der Waals surface area contributed by atoms with Crippen molar-refractivity contribution in [3.63, 3.8) is 0 Å². The molecule has 33 heavy (non-hydrogen) atoms. The van der Waals surface area contributed by atoms with Crippen LogP contribution in [0.5, 0.6) is 0 Å². The van der Waals surface area contributed by atoms with Crippen LogP contribution in [0.4, 0.5) is 10.5 Å². The minimum absolute atomic E-state index is 0.0642. The number of hydrogen-bond acceptors (Lipinski definition) is 9. The van der Waals surface area contributed by atoms with Crippen LogP contribution in [0.15, 0.2) is 48.5 Å². The minimum Gasteiger partial charge on any atom is -0.467 e. The molecule has 0 fully saturated rings. The molecule has 0 radical (unpaired) electrons. The molecule has 0 bridgehead atoms. The number of nitrogens with zero attached hydrogens (tertiary/aromatic N) is 1. The molecular formula is C20H21ClN2O9P+. The first kappa shape index (κ1) is 26.1. The van der Waals surface area contributed by atoms with Crippen molar-refractivity contribution in [2.45, 2.75) is 19.1 Å². The third-order valence-electron chi connectivity index (χ3n) is 4.44. The Hall–Kier alpha value is -3.11. The van der Waals surface area contributed by atoms with Gasteiger partial charge in [0.1, 0.15) is 23.8 Å². The van der Waals surface area contributed by atoms with E-state index in [9.17, 15) is 34.3 Å². The van der Waals surface area contributed by atoms with Gasteiger partial charge in [-0.05, 0) is 17.7 Å². The summed E-state index contributed by atoms with van der Waals surface area (Å²) < 4.78 is 9.64. The molecule has 1 atom stereocenters. The second-order valence-electron chi connectivity index (χ2n) is 6.75. The van der Waals surface area contributed by atoms with E-state index in [2.05, 4.69) is 10.1 Å². The lowest BCUT2D eigenvalue weighted by Crippen LogP contribution is -2.42. The Balaban J connectivity index is 2.04. The smallest absolute Gasteiger partial charge is 0.408 e. The quantitative estimate of drug-likeness (QED) is 0.193. The van der Waals surface area contributed by atoms with E-state index in [1.54, 1.807) is 30.3 Å². The summed E-state index contributed by atoms with van der Waals surface area (Å²) in [5.41, 5.74) is -1.33. The van der Waals surface area contributed by atoms with Gasteiger partial charge in [-0.15, -0.1) is 0 Å². The van der Waals surface area contributed by atoms with E-state index >= 15 is 0 Å². The van der Waals surface area contributed by atoms with E-state index in [1.165, 1.54) is 0 Å². The molecule has 13 heteroatoms. The van der Waals surface area contributed by atoms with E-state index in [0.717, 1.165) is 25.3 Å². The number of ether oxygens (including phenoxy) is 2. The standard InChI is InChI=1S/C20H20ClN2O9P/c1-31-18(24)16(22-20(26)32-12-13-5-3-2-4-6-13)9-10-33(29,30)19(25)14-7-8-15(21)17(11-14)23(27)28/h2-8,11,16,29-30H,9-10,12H2,1H3/p+1/t16-/m0/s1. The van der Waals surface area contributed by atoms with Gasteiger partial charge in [0, 0.05) is 12.5 Å². The molecule has 0 aromatic heterocycles. The van der Waals surface area contributed by atoms with Crippen LogP contribution in [0.1, 0.15) is 22.3 Å². The lowest BCUT2D eigenvalue weighted by atomic mass is 10.2. The Labute approximate surface area is 193 Å². The highest BCUT2D eigenvalue weighted by Gasteiger charge is 2.46. The summed E-state index contributed by atoms with van der Waals surface area (Å²) >= 11 is 5.70. The highest BCUT2D eigenvalue weighted by atomic mass is 35.5. The van der Waals surface area contributed by atoms with Crippen molar-refractivity contribution in [1.82, 2.24) is 5.32 Å². The third kappa shape index (κ3) is 7.47. The number of carbonyl (C=O) groups is 3. The van der Waals surface area contributed by atoms with Gasteiger partial charge in [0.05, 0.1) is 17.6 Å². The molecule has 11 nitrogen and oxygen atoms in total. The first-order valence-corrected chi connectivity index (χ1v) is 11.7. The molecule has 0 unspecified atom stereocenters. The molecule has 176 valence electrons. The van der Waals surface area contributed by atoms with Crippen LogP contribution in [-0.2, 0) is 20.9 Å². The van der Waals surface area contributed by atoms with Crippen molar-refractivity contribution in [2.24, 2.45) is 0 Å². The summed E-state index contributed by atoms with van der Waals surface area (Å²) in [6, 6.07) is 10.5. The van der Waals surface area contributed by atoms with Crippen molar-refractivity contribution in [2.75, 3.05) is 13.3 Å². The van der Waals surface area contributed by atoms with Crippen molar-refractivity contribution in [1.29, 1.82) is 0 Å². The fraction of sp³-hybridized carbons (Fsp3) is 0.250. The second kappa shape index (κ2) is 11.7. The van der Waals surface area contributed by atoms with Gasteiger partial charge in [-0.2, -0.15) is 0 Å². The van der Waals surface area contributed by atoms with Gasteiger partial charge in [-0.25, -0.2) is 24.2 Å². The molecule has 2 aromatic rings. The van der Waals surface area contributed by atoms with Crippen LogP contribution in [0.2, 0.25) is 5.02 Å². The molecular weight excluding hydrogens is 479 g/mol. The maximum atomic E-state index is 12.5. The van der Waals surface area contributed by atoms with Gasteiger partial charge in [0.15, 0.2) is 0 Å². The number of nitro groups is 1. The Bertz CT molecular complexity index is 1030. The number of carbonyl (C=O) groups excluding carboxylic acids is 3. The van der Waals surface area contributed by atoms with Crippen LogP contribution in [0.25, 0.3) is 0 Å². The SMILES string of the molecule is COC(=O)[C@H](CC[P+](O)(O)C(=O)c1ccc(Cl)c([N+](=O)[O-])c1)NC(=O)OCc1ccccc1. The summed E-state index contributed by atoms with van der Waals surface area (Å²) in [7, 11) is -3.26. The number of esters is 1. The fourth-order valence-electron chi connectivity index (χ4n) is 2.70. The number of alkyl carbamates (subject to hydrolysis) is 1. The summed E-state index contributed by atoms with van der Waals surface area (Å²) in [5, 5.41) is 13.0. The van der Waals surface area contributed by atoms with Gasteiger partial charge in [-0.3, -0.25) is 10.1 Å². The van der Waals surface area contributed by atoms with Gasteiger partial charge >= 0.3 is 25.3 Å². The van der Waals surface area contributed by atoms with Crippen molar-refractivity contribution < 1.29 is 38.6 Å². The Morgan fingerprint density at radius 3 is 2.45 bits per heavy atom. The Morgan fingerprint density at radius 1 is 1.18 bits per heavy atom. The van der Waals surface area contributed by atoms with Gasteiger partial charge in [-0.1, -0.05) is 41.9 Å². The van der Waals surface area contributed by atoms with Gasteiger partial charge in [0.25, 0.3) is 5.69 Å². The number of methoxy groups -OCH3 is 1. The minimum atomic E-state index is -4.34. The number of rotatable bonds is 10. The van der Waals surface area contributed by atoms with Crippen molar-refractivity contribution in [3.8, 4) is 0 Å². The molecule has 0 saturated carbocycles. The van der Waals surface area contributed by atoms with E-state index in [-0.39, 0.29) is 23.6 Å². The molecule has 0 saturated heterocycles. The van der Waals surface area contributed by atoms with Crippen LogP contribution in [0, 0.1) is 10.1 Å². The predicted molar refractivity (Wildman–Crippen MR) is 119 cm³/mol. The first-order valence-electron chi connectivity index (χ1n) is 9.42. The number of hydrogen-bond donors (Lipinski definition) is 3. The molecule has 0 aliphatic rings. The van der Waals surface area contributed by atoms with E-state index in [0.29, 0.717) is 5.56 Å². The molecule has 3 N–H and O–H groups in total. The van der Waals surface area contributed by atoms with Gasteiger partial charge in [0.2, 0.25) is 0 Å². The zero-order valence-electron chi connectivity index (χ0n) is 17.3. The van der Waals surface area contributed by atoms with E-state index in [4.69, 9.17) is 16.3 Å². The fourth-order valence-corrected chi connectivity index (χ4v) is 4.26. The number of benzene rings is 2. The Kier molecular flexibility index (Phi) is 9.24. The van der Waals surface area contributed by atoms with Crippen LogP contribution < -0.4 is 5.32 Å². The van der Waals surface area contributed by atoms with E-state index in [1.807, 2.05) is 0 Å². The molecule has 0 aliphatic carbocycles. The van der Waals surface area contributed by atoms with Crippen molar-refractivity contribution >= 4 is 42.6 Å². The highest BCUT2D eigenvalue weighted by molar-refractivity contribution is 7.81. The maximum Gasteiger partial charge on any atom is 0.408 e. The largest absolute Gasteiger partial charge is 0.467 e. The maximum absolute atomic E-state index is 12.5. The zero-order chi connectivity index (χ0) is 24.6. The number of amides is 1. The highest BCUT2D eigenvalue weighted by Crippen LogP contribution is 2.54. The van der Waals surface area contributed by atoms with E-state index < -0.39 is 48.1 Å². The lowest BCUT2D eigenvalue weighted by molar-refractivity contribution is -0.384. The first-order chi connectivity index (χ1) is 15.5. The molecule has 0 heterocycles. The second-order valence-corrected chi connectivity index (χ2v) is 9.47. The van der Waals surface area contributed by atoms with Crippen molar-refractivity contribution in [3.05, 3.63) is 74.8 Å². The molecule has 0 spiro atoms. The third-order valence-corrected chi connectivity index (χ3v) is 6.55. The van der Waals surface area contributed by atoms with Crippen LogP contribution >= 0.6 is 19.3 Å². The topological polar surface area (TPSA) is 165 Å². The number of halogens is 1. The normalized spacial score (nSPS) is 11.9.